The van der Waals surface area contributed by atoms with Crippen molar-refractivity contribution in [2.75, 3.05) is 7.11 Å². The van der Waals surface area contributed by atoms with Gasteiger partial charge in [-0.05, 0) is 46.7 Å². The van der Waals surface area contributed by atoms with E-state index in [1.807, 2.05) is 0 Å². The summed E-state index contributed by atoms with van der Waals surface area (Å²) in [4.78, 5) is 0.0344. The molecular weight excluding hydrogens is 379 g/mol. The molecule has 0 saturated carbocycles. The lowest BCUT2D eigenvalue weighted by Crippen LogP contribution is -2.23. The van der Waals surface area contributed by atoms with E-state index in [1.165, 1.54) is 31.4 Å². The van der Waals surface area contributed by atoms with Crippen LogP contribution in [0.2, 0.25) is 0 Å². The zero-order valence-corrected chi connectivity index (χ0v) is 15.1. The molecule has 0 atom stereocenters. The normalized spacial score (nSPS) is 12.3. The predicted octanol–water partition coefficient (Wildman–Crippen LogP) is 4.35. The van der Waals surface area contributed by atoms with Crippen molar-refractivity contribution in [2.24, 2.45) is 0 Å². The largest absolute Gasteiger partial charge is 0.497 e. The molecule has 0 saturated heterocycles. The quantitative estimate of drug-likeness (QED) is 0.699. The molecule has 3 aromatic carbocycles. The van der Waals surface area contributed by atoms with E-state index >= 15 is 0 Å². The standard InChI is InChI=1S/C19H16F3NO3S/c1-26-17-7-5-15-11-18(8-6-14(15)10-17)27(24,25)23-12-13-3-2-4-16(9-13)19(20,21)22/h2-11,23H,12H2,1H3. The maximum Gasteiger partial charge on any atom is 0.416 e. The van der Waals surface area contributed by atoms with Crippen molar-refractivity contribution in [3.8, 4) is 5.75 Å². The number of ether oxygens (including phenoxy) is 1. The number of nitrogens with one attached hydrogen (secondary N) is 1. The molecule has 8 heteroatoms. The summed E-state index contributed by atoms with van der Waals surface area (Å²) in [5, 5.41) is 1.52. The van der Waals surface area contributed by atoms with E-state index < -0.39 is 21.8 Å². The van der Waals surface area contributed by atoms with Gasteiger partial charge in [0.25, 0.3) is 0 Å². The first kappa shape index (κ1) is 19.2. The predicted molar refractivity (Wildman–Crippen MR) is 96.0 cm³/mol. The van der Waals surface area contributed by atoms with Gasteiger partial charge in [-0.2, -0.15) is 13.2 Å². The van der Waals surface area contributed by atoms with Crippen molar-refractivity contribution in [2.45, 2.75) is 17.6 Å². The van der Waals surface area contributed by atoms with Gasteiger partial charge in [0.15, 0.2) is 0 Å². The Hall–Kier alpha value is -2.58. The molecule has 142 valence electrons. The van der Waals surface area contributed by atoms with Crippen LogP contribution in [-0.2, 0) is 22.7 Å². The van der Waals surface area contributed by atoms with E-state index in [0.717, 1.165) is 17.5 Å². The third-order valence-electron chi connectivity index (χ3n) is 4.05. The molecule has 1 N–H and O–H groups in total. The Balaban J connectivity index is 1.82. The van der Waals surface area contributed by atoms with Crippen molar-refractivity contribution in [1.82, 2.24) is 4.72 Å². The second kappa shape index (κ2) is 7.21. The van der Waals surface area contributed by atoms with Crippen molar-refractivity contribution in [1.29, 1.82) is 0 Å². The SMILES string of the molecule is COc1ccc2cc(S(=O)(=O)NCc3cccc(C(F)(F)F)c3)ccc2c1. The van der Waals surface area contributed by atoms with Crippen LogP contribution in [0.1, 0.15) is 11.1 Å². The van der Waals surface area contributed by atoms with Gasteiger partial charge in [-0.1, -0.05) is 30.3 Å². The molecule has 0 heterocycles. The van der Waals surface area contributed by atoms with Crippen LogP contribution >= 0.6 is 0 Å². The third-order valence-corrected chi connectivity index (χ3v) is 5.45. The Morgan fingerprint density at radius 3 is 2.37 bits per heavy atom. The summed E-state index contributed by atoms with van der Waals surface area (Å²) in [5.41, 5.74) is -0.599. The molecule has 27 heavy (non-hydrogen) atoms. The highest BCUT2D eigenvalue weighted by atomic mass is 32.2. The number of hydrogen-bond acceptors (Lipinski definition) is 3. The summed E-state index contributed by atoms with van der Waals surface area (Å²) in [6.07, 6.45) is -4.48. The number of alkyl halides is 3. The molecule has 3 rings (SSSR count). The van der Waals surface area contributed by atoms with E-state index in [-0.39, 0.29) is 17.0 Å². The van der Waals surface area contributed by atoms with E-state index in [4.69, 9.17) is 4.74 Å². The fourth-order valence-corrected chi connectivity index (χ4v) is 3.67. The lowest BCUT2D eigenvalue weighted by Gasteiger charge is -2.11. The Labute approximate surface area is 154 Å². The first-order chi connectivity index (χ1) is 12.7. The molecule has 0 amide bonds. The smallest absolute Gasteiger partial charge is 0.416 e. The van der Waals surface area contributed by atoms with Gasteiger partial charge in [0.05, 0.1) is 17.6 Å². The van der Waals surface area contributed by atoms with Crippen LogP contribution in [0.3, 0.4) is 0 Å². The minimum atomic E-state index is -4.48. The number of hydrogen-bond donors (Lipinski definition) is 1. The molecule has 0 radical (unpaired) electrons. The number of fused-ring (bicyclic) bond motifs is 1. The topological polar surface area (TPSA) is 55.4 Å². The second-order valence-corrected chi connectivity index (χ2v) is 7.66. The maximum absolute atomic E-state index is 12.8. The Morgan fingerprint density at radius 2 is 1.67 bits per heavy atom. The summed E-state index contributed by atoms with van der Waals surface area (Å²) in [6, 6.07) is 14.4. The van der Waals surface area contributed by atoms with Gasteiger partial charge in [-0.25, -0.2) is 13.1 Å². The Morgan fingerprint density at radius 1 is 0.963 bits per heavy atom. The lowest BCUT2D eigenvalue weighted by molar-refractivity contribution is -0.137. The molecular formula is C19H16F3NO3S. The van der Waals surface area contributed by atoms with Crippen LogP contribution in [0.5, 0.6) is 5.75 Å². The highest BCUT2D eigenvalue weighted by Crippen LogP contribution is 2.29. The van der Waals surface area contributed by atoms with Crippen LogP contribution in [0.25, 0.3) is 10.8 Å². The molecule has 0 aliphatic heterocycles. The van der Waals surface area contributed by atoms with Gasteiger partial charge in [-0.3, -0.25) is 0 Å². The Bertz CT molecular complexity index is 1080. The zero-order valence-electron chi connectivity index (χ0n) is 14.2. The van der Waals surface area contributed by atoms with Gasteiger partial charge in [0.2, 0.25) is 10.0 Å². The van der Waals surface area contributed by atoms with Crippen LogP contribution in [0, 0.1) is 0 Å². The summed E-state index contributed by atoms with van der Waals surface area (Å²) < 4.78 is 70.7. The van der Waals surface area contributed by atoms with E-state index in [2.05, 4.69) is 4.72 Å². The minimum absolute atomic E-state index is 0.0344. The molecule has 0 aliphatic carbocycles. The highest BCUT2D eigenvalue weighted by Gasteiger charge is 2.30. The van der Waals surface area contributed by atoms with Crippen molar-refractivity contribution in [3.05, 3.63) is 71.8 Å². The number of benzene rings is 3. The van der Waals surface area contributed by atoms with Gasteiger partial charge in [-0.15, -0.1) is 0 Å². The lowest BCUT2D eigenvalue weighted by atomic mass is 10.1. The first-order valence-electron chi connectivity index (χ1n) is 7.93. The maximum atomic E-state index is 12.8. The molecule has 0 bridgehead atoms. The summed E-state index contributed by atoms with van der Waals surface area (Å²) in [7, 11) is -2.34. The fourth-order valence-electron chi connectivity index (χ4n) is 2.62. The van der Waals surface area contributed by atoms with Crippen molar-refractivity contribution in [3.63, 3.8) is 0 Å². The van der Waals surface area contributed by atoms with Crippen LogP contribution in [0.4, 0.5) is 13.2 Å². The van der Waals surface area contributed by atoms with E-state index in [9.17, 15) is 21.6 Å². The molecule has 0 spiro atoms. The monoisotopic (exact) mass is 395 g/mol. The van der Waals surface area contributed by atoms with Crippen LogP contribution in [-0.4, -0.2) is 15.5 Å². The average Bonchev–Trinajstić information content (AvgIpc) is 2.65. The third kappa shape index (κ3) is 4.40. The first-order valence-corrected chi connectivity index (χ1v) is 9.41. The average molecular weight is 395 g/mol. The number of rotatable bonds is 5. The molecule has 3 aromatic rings. The number of sulfonamides is 1. The summed E-state index contributed by atoms with van der Waals surface area (Å²) in [6.45, 7) is -0.243. The molecule has 0 fully saturated rings. The Kier molecular flexibility index (Phi) is 5.12. The minimum Gasteiger partial charge on any atom is -0.497 e. The van der Waals surface area contributed by atoms with Gasteiger partial charge < -0.3 is 4.74 Å². The van der Waals surface area contributed by atoms with Crippen LogP contribution < -0.4 is 9.46 Å². The van der Waals surface area contributed by atoms with Crippen molar-refractivity contribution >= 4 is 20.8 Å². The van der Waals surface area contributed by atoms with E-state index in [1.54, 1.807) is 24.3 Å². The second-order valence-electron chi connectivity index (χ2n) is 5.90. The number of halogens is 3. The van der Waals surface area contributed by atoms with Crippen LogP contribution in [0.15, 0.2) is 65.6 Å². The molecule has 0 aromatic heterocycles. The molecule has 4 nitrogen and oxygen atoms in total. The molecule has 0 aliphatic rings. The van der Waals surface area contributed by atoms with Gasteiger partial charge in [0, 0.05) is 6.54 Å². The van der Waals surface area contributed by atoms with Gasteiger partial charge in [0.1, 0.15) is 5.75 Å². The highest BCUT2D eigenvalue weighted by molar-refractivity contribution is 7.89. The van der Waals surface area contributed by atoms with Crippen molar-refractivity contribution < 1.29 is 26.3 Å². The van der Waals surface area contributed by atoms with E-state index in [0.29, 0.717) is 11.1 Å². The molecule has 0 unspecified atom stereocenters. The fraction of sp³-hybridized carbons (Fsp3) is 0.158. The zero-order chi connectivity index (χ0) is 19.7. The number of methoxy groups -OCH3 is 1. The van der Waals surface area contributed by atoms with Gasteiger partial charge >= 0.3 is 6.18 Å². The summed E-state index contributed by atoms with van der Waals surface area (Å²) >= 11 is 0. The summed E-state index contributed by atoms with van der Waals surface area (Å²) in [5.74, 6) is 0.653.